The number of nitrogens with zero attached hydrogens (tertiary/aromatic N) is 2. The minimum atomic E-state index is -0.144. The second-order valence-corrected chi connectivity index (χ2v) is 13.7. The maximum atomic E-state index is 11.4. The lowest BCUT2D eigenvalue weighted by Crippen LogP contribution is -2.58. The van der Waals surface area contributed by atoms with Crippen LogP contribution >= 0.6 is 0 Å². The van der Waals surface area contributed by atoms with Gasteiger partial charge >= 0.3 is 0 Å². The van der Waals surface area contributed by atoms with Crippen molar-refractivity contribution in [1.29, 1.82) is 0 Å². The molecule has 5 fully saturated rings. The Morgan fingerprint density at radius 2 is 1.58 bits per heavy atom. The first-order valence-corrected chi connectivity index (χ1v) is 14.5. The molecule has 33 heavy (non-hydrogen) atoms. The lowest BCUT2D eigenvalue weighted by atomic mass is 9.43. The first-order valence-electron chi connectivity index (χ1n) is 14.5. The van der Waals surface area contributed by atoms with E-state index in [9.17, 15) is 10.2 Å². The van der Waals surface area contributed by atoms with Crippen LogP contribution in [0.4, 0.5) is 0 Å². The molecule has 0 spiro atoms. The first-order chi connectivity index (χ1) is 15.7. The van der Waals surface area contributed by atoms with Gasteiger partial charge < -0.3 is 20.0 Å². The number of hydrogen-bond donors (Lipinski definition) is 2. The Hall–Kier alpha value is -0.160. The summed E-state index contributed by atoms with van der Waals surface area (Å²) in [5.41, 5.74) is 0.767. The molecular weight excluding hydrogens is 408 g/mol. The number of likely N-dealkylation sites (N-methyl/N-ethyl adjacent to an activating group) is 1. The summed E-state index contributed by atoms with van der Waals surface area (Å²) in [5.74, 6) is 4.04. The molecule has 190 valence electrons. The summed E-state index contributed by atoms with van der Waals surface area (Å²) >= 11 is 0. The molecule has 4 aliphatic carbocycles. The summed E-state index contributed by atoms with van der Waals surface area (Å²) in [6, 6.07) is 0. The molecule has 0 radical (unpaired) electrons. The van der Waals surface area contributed by atoms with E-state index in [1.165, 1.54) is 77.7 Å². The average Bonchev–Trinajstić information content (AvgIpc) is 3.13. The van der Waals surface area contributed by atoms with Crippen LogP contribution in [-0.2, 0) is 0 Å². The van der Waals surface area contributed by atoms with Crippen LogP contribution in [0.25, 0.3) is 0 Å². The maximum Gasteiger partial charge on any atom is 0.0577 e. The van der Waals surface area contributed by atoms with Gasteiger partial charge in [0.15, 0.2) is 0 Å². The number of aliphatic hydroxyl groups excluding tert-OH is 2. The minimum Gasteiger partial charge on any atom is -0.393 e. The van der Waals surface area contributed by atoms with Gasteiger partial charge in [-0.1, -0.05) is 20.8 Å². The second kappa shape index (κ2) is 9.37. The van der Waals surface area contributed by atoms with Crippen molar-refractivity contribution >= 4 is 0 Å². The van der Waals surface area contributed by atoms with E-state index >= 15 is 0 Å². The van der Waals surface area contributed by atoms with Crippen molar-refractivity contribution in [2.75, 3.05) is 39.8 Å². The lowest BCUT2D eigenvalue weighted by molar-refractivity contribution is -0.174. The zero-order chi connectivity index (χ0) is 23.4. The van der Waals surface area contributed by atoms with Crippen LogP contribution in [0, 0.1) is 46.3 Å². The molecular formula is C29H52N2O2. The summed E-state index contributed by atoms with van der Waals surface area (Å²) in [5, 5.41) is 21.8. The summed E-state index contributed by atoms with van der Waals surface area (Å²) in [6.45, 7) is 13.9. The van der Waals surface area contributed by atoms with Gasteiger partial charge in [0.05, 0.1) is 12.2 Å². The van der Waals surface area contributed by atoms with Crippen LogP contribution in [-0.4, -0.2) is 72.0 Å². The molecule has 1 aliphatic heterocycles. The van der Waals surface area contributed by atoms with E-state index in [4.69, 9.17) is 0 Å². The minimum absolute atomic E-state index is 0.136. The van der Waals surface area contributed by atoms with Crippen LogP contribution in [0.3, 0.4) is 0 Å². The third-order valence-corrected chi connectivity index (χ3v) is 12.1. The molecule has 4 saturated carbocycles. The number of hydrogen-bond acceptors (Lipinski definition) is 4. The molecule has 0 aromatic heterocycles. The van der Waals surface area contributed by atoms with Gasteiger partial charge in [-0.2, -0.15) is 0 Å². The van der Waals surface area contributed by atoms with Crippen LogP contribution < -0.4 is 0 Å². The molecule has 0 unspecified atom stereocenters. The van der Waals surface area contributed by atoms with Gasteiger partial charge in [0, 0.05) is 26.2 Å². The predicted molar refractivity (Wildman–Crippen MR) is 135 cm³/mol. The van der Waals surface area contributed by atoms with E-state index in [-0.39, 0.29) is 12.2 Å². The quantitative estimate of drug-likeness (QED) is 0.627. The fourth-order valence-corrected chi connectivity index (χ4v) is 10.1. The Balaban J connectivity index is 1.22. The molecule has 10 atom stereocenters. The molecule has 1 heterocycles. The summed E-state index contributed by atoms with van der Waals surface area (Å²) in [4.78, 5) is 5.13. The normalized spacial score (nSPS) is 49.8. The van der Waals surface area contributed by atoms with Crippen molar-refractivity contribution in [1.82, 2.24) is 9.80 Å². The Kier molecular flexibility index (Phi) is 6.97. The van der Waals surface area contributed by atoms with Gasteiger partial charge in [-0.3, -0.25) is 0 Å². The SMILES string of the molecule is C[C@H](CCCN1CCN(C)CC1)[C@H]1CC[C@H]2[C@@H]3[C@H](O)C[C@@H]4C[C@H](O)CC[C@]4(C)[C@H]3CC[C@]12C. The molecule has 1 saturated heterocycles. The number of rotatable bonds is 5. The fraction of sp³-hybridized carbons (Fsp3) is 1.00. The van der Waals surface area contributed by atoms with Gasteiger partial charge in [0.25, 0.3) is 0 Å². The highest BCUT2D eigenvalue weighted by atomic mass is 16.3. The summed E-state index contributed by atoms with van der Waals surface area (Å²) in [7, 11) is 2.24. The zero-order valence-corrected chi connectivity index (χ0v) is 22.0. The Bertz CT molecular complexity index is 679. The van der Waals surface area contributed by atoms with E-state index in [1.807, 2.05) is 0 Å². The van der Waals surface area contributed by atoms with E-state index in [0.717, 1.165) is 31.1 Å². The average molecular weight is 461 g/mol. The highest BCUT2D eigenvalue weighted by Crippen LogP contribution is 2.68. The van der Waals surface area contributed by atoms with Gasteiger partial charge in [-0.05, 0) is 124 Å². The molecule has 0 aromatic carbocycles. The lowest BCUT2D eigenvalue weighted by Gasteiger charge is -2.62. The zero-order valence-electron chi connectivity index (χ0n) is 22.0. The van der Waals surface area contributed by atoms with Gasteiger partial charge in [-0.25, -0.2) is 0 Å². The highest BCUT2D eigenvalue weighted by Gasteiger charge is 2.62. The number of fused-ring (bicyclic) bond motifs is 5. The van der Waals surface area contributed by atoms with Crippen molar-refractivity contribution in [3.05, 3.63) is 0 Å². The van der Waals surface area contributed by atoms with Crippen LogP contribution in [0.2, 0.25) is 0 Å². The van der Waals surface area contributed by atoms with Crippen molar-refractivity contribution in [3.8, 4) is 0 Å². The second-order valence-electron chi connectivity index (χ2n) is 13.7. The standard InChI is InChI=1S/C29H52N2O2/c1-20(6-5-13-31-16-14-30(4)15-17-31)23-7-8-24-27-25(10-12-29(23,24)3)28(2)11-9-22(32)18-21(28)19-26(27)33/h20-27,32-33H,5-19H2,1-4H3/t20-,21+,22-,23-,24+,25+,26-,27+,28+,29-/m1/s1. The smallest absolute Gasteiger partial charge is 0.0577 e. The van der Waals surface area contributed by atoms with Crippen molar-refractivity contribution in [2.45, 2.75) is 97.2 Å². The molecule has 5 aliphatic rings. The number of piperazine rings is 1. The Morgan fingerprint density at radius 1 is 0.879 bits per heavy atom. The van der Waals surface area contributed by atoms with E-state index in [1.54, 1.807) is 0 Å². The molecule has 0 aromatic rings. The molecule has 0 bridgehead atoms. The van der Waals surface area contributed by atoms with Crippen LogP contribution in [0.5, 0.6) is 0 Å². The van der Waals surface area contributed by atoms with E-state index in [2.05, 4.69) is 37.6 Å². The van der Waals surface area contributed by atoms with Gasteiger partial charge in [0.1, 0.15) is 0 Å². The molecule has 4 heteroatoms. The molecule has 2 N–H and O–H groups in total. The monoisotopic (exact) mass is 460 g/mol. The van der Waals surface area contributed by atoms with Gasteiger partial charge in [-0.15, -0.1) is 0 Å². The maximum absolute atomic E-state index is 11.4. The van der Waals surface area contributed by atoms with Crippen LogP contribution in [0.15, 0.2) is 0 Å². The fourth-order valence-electron chi connectivity index (χ4n) is 10.1. The Labute approximate surface area is 203 Å². The molecule has 5 rings (SSSR count). The largest absolute Gasteiger partial charge is 0.393 e. The third kappa shape index (κ3) is 4.34. The predicted octanol–water partition coefficient (Wildman–Crippen LogP) is 4.64. The third-order valence-electron chi connectivity index (χ3n) is 12.1. The summed E-state index contributed by atoms with van der Waals surface area (Å²) in [6.07, 6.45) is 11.8. The molecule has 4 nitrogen and oxygen atoms in total. The summed E-state index contributed by atoms with van der Waals surface area (Å²) < 4.78 is 0. The van der Waals surface area contributed by atoms with Crippen molar-refractivity contribution < 1.29 is 10.2 Å². The van der Waals surface area contributed by atoms with Gasteiger partial charge in [0.2, 0.25) is 0 Å². The number of aliphatic hydroxyl groups is 2. The van der Waals surface area contributed by atoms with Crippen LogP contribution in [0.1, 0.15) is 85.0 Å². The van der Waals surface area contributed by atoms with E-state index in [0.29, 0.717) is 34.5 Å². The first kappa shape index (κ1) is 24.5. The highest BCUT2D eigenvalue weighted by molar-refractivity contribution is 5.11. The molecule has 0 amide bonds. The van der Waals surface area contributed by atoms with E-state index < -0.39 is 0 Å². The van der Waals surface area contributed by atoms with Crippen molar-refractivity contribution in [3.63, 3.8) is 0 Å². The topological polar surface area (TPSA) is 46.9 Å². The van der Waals surface area contributed by atoms with Crippen molar-refractivity contribution in [2.24, 2.45) is 46.3 Å². The Morgan fingerprint density at radius 3 is 2.33 bits per heavy atom.